The number of hydrogen-bond donors (Lipinski definition) is 0. The number of aromatic nitrogens is 1. The second-order valence-corrected chi connectivity index (χ2v) is 9.84. The zero-order chi connectivity index (χ0) is 22.5. The Bertz CT molecular complexity index is 1350. The quantitative estimate of drug-likeness (QED) is 0.328. The molecule has 0 bridgehead atoms. The van der Waals surface area contributed by atoms with Gasteiger partial charge in [-0.1, -0.05) is 64.5 Å². The van der Waals surface area contributed by atoms with E-state index in [1.807, 2.05) is 23.1 Å². The molecule has 0 saturated carbocycles. The number of ether oxygens (including phenoxy) is 1. The van der Waals surface area contributed by atoms with Crippen LogP contribution in [0.5, 0.6) is 0 Å². The number of carbonyl (C=O) groups excluding carboxylic acids is 1. The van der Waals surface area contributed by atoms with Gasteiger partial charge in [-0.25, -0.2) is 0 Å². The van der Waals surface area contributed by atoms with Gasteiger partial charge in [-0.05, 0) is 48.2 Å². The van der Waals surface area contributed by atoms with Crippen molar-refractivity contribution in [2.75, 3.05) is 13.2 Å². The summed E-state index contributed by atoms with van der Waals surface area (Å²) in [4.78, 5) is 15.7. The molecule has 0 radical (unpaired) electrons. The van der Waals surface area contributed by atoms with E-state index < -0.39 is 0 Å². The van der Waals surface area contributed by atoms with Crippen molar-refractivity contribution in [2.45, 2.75) is 25.0 Å². The van der Waals surface area contributed by atoms with Gasteiger partial charge < -0.3 is 14.2 Å². The van der Waals surface area contributed by atoms with Crippen LogP contribution in [0.3, 0.4) is 0 Å². The van der Waals surface area contributed by atoms with E-state index in [1.165, 1.54) is 16.5 Å². The van der Waals surface area contributed by atoms with Crippen LogP contribution in [0.4, 0.5) is 0 Å². The molecule has 3 heterocycles. The number of hydrogen-bond acceptors (Lipinski definition) is 2. The van der Waals surface area contributed by atoms with Gasteiger partial charge in [0.1, 0.15) is 0 Å². The van der Waals surface area contributed by atoms with Crippen LogP contribution in [-0.4, -0.2) is 34.6 Å². The van der Waals surface area contributed by atoms with E-state index in [4.69, 9.17) is 4.74 Å². The van der Waals surface area contributed by atoms with Gasteiger partial charge in [0.25, 0.3) is 5.91 Å². The summed E-state index contributed by atoms with van der Waals surface area (Å²) in [6.07, 6.45) is 2.15. The highest BCUT2D eigenvalue weighted by Crippen LogP contribution is 2.46. The maximum absolute atomic E-state index is 13.7. The first-order valence-electron chi connectivity index (χ1n) is 11.5. The second kappa shape index (κ2) is 8.15. The van der Waals surface area contributed by atoms with Gasteiger partial charge in [0, 0.05) is 46.7 Å². The highest BCUT2D eigenvalue weighted by Gasteiger charge is 2.41. The summed E-state index contributed by atoms with van der Waals surface area (Å²) in [7, 11) is 2.12. The molecule has 1 saturated heterocycles. The third kappa shape index (κ3) is 3.33. The van der Waals surface area contributed by atoms with E-state index >= 15 is 0 Å². The molecule has 3 aromatic carbocycles. The van der Waals surface area contributed by atoms with Crippen molar-refractivity contribution in [3.8, 4) is 11.3 Å². The van der Waals surface area contributed by atoms with Crippen molar-refractivity contribution in [3.63, 3.8) is 0 Å². The molecular formula is C28H25BrN2O2. The molecule has 1 aromatic heterocycles. The molecule has 0 aliphatic carbocycles. The average Bonchev–Trinajstić information content (AvgIpc) is 3.52. The Kier molecular flexibility index (Phi) is 5.11. The van der Waals surface area contributed by atoms with Gasteiger partial charge in [-0.2, -0.15) is 0 Å². The van der Waals surface area contributed by atoms with Crippen molar-refractivity contribution < 1.29 is 9.53 Å². The van der Waals surface area contributed by atoms with Crippen molar-refractivity contribution in [1.82, 2.24) is 9.47 Å². The zero-order valence-electron chi connectivity index (χ0n) is 18.5. The first-order valence-corrected chi connectivity index (χ1v) is 12.3. The van der Waals surface area contributed by atoms with Crippen LogP contribution in [0.25, 0.3) is 22.2 Å². The third-order valence-corrected chi connectivity index (χ3v) is 7.55. The molecule has 0 spiro atoms. The fraction of sp³-hybridized carbons (Fsp3) is 0.250. The number of rotatable bonds is 4. The van der Waals surface area contributed by atoms with Crippen LogP contribution in [0, 0.1) is 0 Å². The summed E-state index contributed by atoms with van der Waals surface area (Å²) in [6, 6.07) is 24.9. The molecular weight excluding hydrogens is 476 g/mol. The zero-order valence-corrected chi connectivity index (χ0v) is 20.1. The smallest absolute Gasteiger partial charge is 0.255 e. The summed E-state index contributed by atoms with van der Waals surface area (Å²) in [6.45, 7) is 1.39. The molecule has 166 valence electrons. The Morgan fingerprint density at radius 2 is 1.76 bits per heavy atom. The van der Waals surface area contributed by atoms with Gasteiger partial charge in [-0.15, -0.1) is 0 Å². The van der Waals surface area contributed by atoms with E-state index in [9.17, 15) is 4.79 Å². The van der Waals surface area contributed by atoms with Gasteiger partial charge >= 0.3 is 0 Å². The fourth-order valence-corrected chi connectivity index (χ4v) is 5.80. The largest absolute Gasteiger partial charge is 0.376 e. The van der Waals surface area contributed by atoms with Crippen LogP contribution < -0.4 is 0 Å². The van der Waals surface area contributed by atoms with Crippen LogP contribution in [0.1, 0.15) is 40.4 Å². The molecule has 1 amide bonds. The minimum atomic E-state index is -0.150. The van der Waals surface area contributed by atoms with E-state index in [0.717, 1.165) is 46.3 Å². The first kappa shape index (κ1) is 20.7. The van der Waals surface area contributed by atoms with Crippen molar-refractivity contribution in [1.29, 1.82) is 0 Å². The van der Waals surface area contributed by atoms with Gasteiger partial charge in [0.15, 0.2) is 0 Å². The molecule has 0 N–H and O–H groups in total. The van der Waals surface area contributed by atoms with Crippen LogP contribution in [0.15, 0.2) is 77.3 Å². The lowest BCUT2D eigenvalue weighted by Crippen LogP contribution is -2.36. The highest BCUT2D eigenvalue weighted by atomic mass is 79.9. The molecule has 0 unspecified atom stereocenters. The van der Waals surface area contributed by atoms with E-state index in [1.54, 1.807) is 0 Å². The molecule has 2 atom stereocenters. The van der Waals surface area contributed by atoms with Crippen LogP contribution in [0.2, 0.25) is 0 Å². The monoisotopic (exact) mass is 500 g/mol. The Labute approximate surface area is 201 Å². The number of fused-ring (bicyclic) bond motifs is 2. The van der Waals surface area contributed by atoms with E-state index in [-0.39, 0.29) is 18.1 Å². The molecule has 2 aliphatic heterocycles. The Balaban J connectivity index is 1.61. The van der Waals surface area contributed by atoms with Gasteiger partial charge in [0.2, 0.25) is 0 Å². The lowest BCUT2D eigenvalue weighted by Gasteiger charge is -2.29. The van der Waals surface area contributed by atoms with Gasteiger partial charge in [0.05, 0.1) is 17.8 Å². The molecule has 4 nitrogen and oxygen atoms in total. The number of carbonyl (C=O) groups is 1. The maximum atomic E-state index is 13.7. The second-order valence-electron chi connectivity index (χ2n) is 8.93. The Hall–Kier alpha value is -2.89. The molecule has 33 heavy (non-hydrogen) atoms. The van der Waals surface area contributed by atoms with Gasteiger partial charge in [-0.3, -0.25) is 4.79 Å². The number of para-hydroxylation sites is 1. The van der Waals surface area contributed by atoms with E-state index in [2.05, 4.69) is 82.1 Å². The predicted octanol–water partition coefficient (Wildman–Crippen LogP) is 6.33. The topological polar surface area (TPSA) is 34.5 Å². The summed E-state index contributed by atoms with van der Waals surface area (Å²) in [5.41, 5.74) is 6.52. The number of amides is 1. The number of nitrogens with zero attached hydrogens (tertiary/aromatic N) is 2. The molecule has 5 heteroatoms. The standard InChI is InChI=1S/C28H25BrN2O2/c1-30-24-11-5-4-10-23(24)25(26(30)18-12-14-19(29)15-13-18)27-21-8-2-3-9-22(21)28(32)31(27)17-20-7-6-16-33-20/h2-5,8-15,20,27H,6-7,16-17H2,1H3/t20-,27-/m1/s1. The summed E-state index contributed by atoms with van der Waals surface area (Å²) in [5, 5.41) is 1.18. The van der Waals surface area contributed by atoms with E-state index in [0.29, 0.717) is 6.54 Å². The lowest BCUT2D eigenvalue weighted by molar-refractivity contribution is 0.0501. The molecule has 1 fully saturated rings. The summed E-state index contributed by atoms with van der Waals surface area (Å²) >= 11 is 3.57. The summed E-state index contributed by atoms with van der Waals surface area (Å²) < 4.78 is 9.28. The Morgan fingerprint density at radius 3 is 2.55 bits per heavy atom. The average molecular weight is 501 g/mol. The lowest BCUT2D eigenvalue weighted by atomic mass is 9.93. The number of halogens is 1. The maximum Gasteiger partial charge on any atom is 0.255 e. The molecule has 6 rings (SSSR count). The van der Waals surface area contributed by atoms with Crippen molar-refractivity contribution in [3.05, 3.63) is 94.0 Å². The minimum Gasteiger partial charge on any atom is -0.376 e. The summed E-state index contributed by atoms with van der Waals surface area (Å²) in [5.74, 6) is 0.0980. The van der Waals surface area contributed by atoms with Crippen molar-refractivity contribution in [2.24, 2.45) is 7.05 Å². The first-order chi connectivity index (χ1) is 16.1. The highest BCUT2D eigenvalue weighted by molar-refractivity contribution is 9.10. The minimum absolute atomic E-state index is 0.0943. The van der Waals surface area contributed by atoms with Crippen LogP contribution >= 0.6 is 15.9 Å². The molecule has 4 aromatic rings. The normalized spacial score (nSPS) is 20.1. The van der Waals surface area contributed by atoms with Crippen molar-refractivity contribution >= 4 is 32.7 Å². The van der Waals surface area contributed by atoms with Crippen LogP contribution in [-0.2, 0) is 11.8 Å². The number of benzene rings is 3. The molecule has 2 aliphatic rings. The predicted molar refractivity (Wildman–Crippen MR) is 134 cm³/mol. The third-order valence-electron chi connectivity index (χ3n) is 7.02. The SMILES string of the molecule is Cn1c(-c2ccc(Br)cc2)c([C@H]2c3ccccc3C(=O)N2C[C@H]2CCCO2)c2ccccc21. The fourth-order valence-electron chi connectivity index (χ4n) is 5.53. The number of aryl methyl sites for hydroxylation is 1. The Morgan fingerprint density at radius 1 is 1.00 bits per heavy atom.